The van der Waals surface area contributed by atoms with Crippen molar-refractivity contribution in [3.8, 4) is 10.6 Å². The van der Waals surface area contributed by atoms with Gasteiger partial charge in [0.2, 0.25) is 0 Å². The summed E-state index contributed by atoms with van der Waals surface area (Å²) in [5.41, 5.74) is 2.01. The van der Waals surface area contributed by atoms with Crippen LogP contribution in [0.1, 0.15) is 54.4 Å². The molecule has 2 aromatic heterocycles. The zero-order valence-electron chi connectivity index (χ0n) is 13.6. The van der Waals surface area contributed by atoms with E-state index in [0.29, 0.717) is 18.0 Å². The lowest BCUT2D eigenvalue weighted by Gasteiger charge is -2.33. The Balaban J connectivity index is 1.64. The highest BCUT2D eigenvalue weighted by Crippen LogP contribution is 2.41. The molecule has 3 unspecified atom stereocenters. The van der Waals surface area contributed by atoms with E-state index in [2.05, 4.69) is 33.6 Å². The summed E-state index contributed by atoms with van der Waals surface area (Å²) in [6.45, 7) is 4.19. The lowest BCUT2D eigenvalue weighted by atomic mass is 9.85. The van der Waals surface area contributed by atoms with Crippen LogP contribution in [0.4, 0.5) is 0 Å². The normalized spacial score (nSPS) is 27.2. The number of rotatable bonds is 2. The van der Waals surface area contributed by atoms with Gasteiger partial charge in [-0.25, -0.2) is 4.98 Å². The van der Waals surface area contributed by atoms with Crippen molar-refractivity contribution in [2.45, 2.75) is 58.0 Å². The van der Waals surface area contributed by atoms with Gasteiger partial charge in [0.1, 0.15) is 9.88 Å². The zero-order valence-corrected chi connectivity index (χ0v) is 15.3. The molecule has 1 aliphatic carbocycles. The van der Waals surface area contributed by atoms with Gasteiger partial charge in [0, 0.05) is 23.0 Å². The molecule has 2 fully saturated rings. The quantitative estimate of drug-likeness (QED) is 0.769. The van der Waals surface area contributed by atoms with E-state index >= 15 is 0 Å². The maximum absolute atomic E-state index is 13.2. The second-order valence-electron chi connectivity index (χ2n) is 6.85. The van der Waals surface area contributed by atoms with Crippen LogP contribution in [0.3, 0.4) is 0 Å². The number of likely N-dealkylation sites (tertiary alicyclic amines) is 1. The Bertz CT molecular complexity index is 707. The second-order valence-corrected chi connectivity index (χ2v) is 8.63. The zero-order chi connectivity index (χ0) is 16.0. The topological polar surface area (TPSA) is 33.2 Å². The molecule has 0 bridgehead atoms. The van der Waals surface area contributed by atoms with Crippen LogP contribution in [0.15, 0.2) is 16.8 Å². The number of hydrogen-bond acceptors (Lipinski definition) is 4. The molecule has 0 N–H and O–H groups in total. The van der Waals surface area contributed by atoms with Crippen molar-refractivity contribution < 1.29 is 4.79 Å². The van der Waals surface area contributed by atoms with Crippen molar-refractivity contribution in [1.82, 2.24) is 9.88 Å². The molecule has 0 aromatic carbocycles. The van der Waals surface area contributed by atoms with Crippen LogP contribution in [0.2, 0.25) is 0 Å². The fraction of sp³-hybridized carbons (Fsp3) is 0.556. The Morgan fingerprint density at radius 2 is 2.17 bits per heavy atom. The fourth-order valence-corrected chi connectivity index (χ4v) is 6.00. The number of carbonyl (C=O) groups is 1. The van der Waals surface area contributed by atoms with Crippen molar-refractivity contribution in [2.24, 2.45) is 5.92 Å². The molecular formula is C18H22N2OS2. The summed E-state index contributed by atoms with van der Waals surface area (Å²) in [5, 5.41) is 5.13. The van der Waals surface area contributed by atoms with E-state index in [-0.39, 0.29) is 5.91 Å². The first kappa shape index (κ1) is 15.3. The molecule has 2 aliphatic rings. The van der Waals surface area contributed by atoms with Crippen molar-refractivity contribution in [2.75, 3.05) is 0 Å². The maximum Gasteiger partial charge on any atom is 0.266 e. The molecule has 0 radical (unpaired) electrons. The Labute approximate surface area is 145 Å². The van der Waals surface area contributed by atoms with Crippen LogP contribution in [-0.4, -0.2) is 27.9 Å². The van der Waals surface area contributed by atoms with Gasteiger partial charge < -0.3 is 4.90 Å². The van der Waals surface area contributed by atoms with Crippen LogP contribution in [-0.2, 0) is 0 Å². The Morgan fingerprint density at radius 1 is 1.35 bits per heavy atom. The van der Waals surface area contributed by atoms with Crippen LogP contribution >= 0.6 is 22.7 Å². The summed E-state index contributed by atoms with van der Waals surface area (Å²) in [5.74, 6) is 0.927. The molecule has 1 saturated carbocycles. The summed E-state index contributed by atoms with van der Waals surface area (Å²) in [7, 11) is 0. The number of fused-ring (bicyclic) bond motifs is 1. The summed E-state index contributed by atoms with van der Waals surface area (Å²) in [6.07, 6.45) is 6.24. The van der Waals surface area contributed by atoms with E-state index in [1.807, 2.05) is 6.92 Å². The highest BCUT2D eigenvalue weighted by atomic mass is 32.1. The van der Waals surface area contributed by atoms with Gasteiger partial charge in [-0.15, -0.1) is 11.3 Å². The summed E-state index contributed by atoms with van der Waals surface area (Å²) >= 11 is 3.23. The van der Waals surface area contributed by atoms with E-state index < -0.39 is 0 Å². The predicted octanol–water partition coefficient (Wildman–Crippen LogP) is 4.97. The van der Waals surface area contributed by atoms with E-state index in [9.17, 15) is 4.79 Å². The third-order valence-corrected chi connectivity index (χ3v) is 7.22. The van der Waals surface area contributed by atoms with Gasteiger partial charge in [0.05, 0.1) is 5.69 Å². The summed E-state index contributed by atoms with van der Waals surface area (Å²) in [4.78, 5) is 20.9. The molecule has 1 amide bonds. The molecular weight excluding hydrogens is 324 g/mol. The first-order valence-electron chi connectivity index (χ1n) is 8.48. The van der Waals surface area contributed by atoms with Crippen LogP contribution in [0.5, 0.6) is 0 Å². The number of thiazole rings is 1. The molecule has 4 rings (SSSR count). The molecule has 0 spiro atoms. The number of aryl methyl sites for hydroxylation is 1. The van der Waals surface area contributed by atoms with E-state index in [1.54, 1.807) is 22.7 Å². The molecule has 122 valence electrons. The van der Waals surface area contributed by atoms with Gasteiger partial charge in [-0.3, -0.25) is 4.79 Å². The van der Waals surface area contributed by atoms with Gasteiger partial charge in [-0.2, -0.15) is 11.3 Å². The molecule has 1 saturated heterocycles. The average Bonchev–Trinajstić information content (AvgIpc) is 3.23. The first-order valence-corrected chi connectivity index (χ1v) is 10.2. The summed E-state index contributed by atoms with van der Waals surface area (Å²) in [6, 6.07) is 2.89. The number of amides is 1. The highest BCUT2D eigenvalue weighted by molar-refractivity contribution is 7.17. The number of carbonyl (C=O) groups excluding carboxylic acids is 1. The highest BCUT2D eigenvalue weighted by Gasteiger charge is 2.43. The van der Waals surface area contributed by atoms with Crippen LogP contribution in [0.25, 0.3) is 10.6 Å². The predicted molar refractivity (Wildman–Crippen MR) is 96.2 cm³/mol. The minimum atomic E-state index is 0.211. The van der Waals surface area contributed by atoms with E-state index in [0.717, 1.165) is 21.1 Å². The smallest absolute Gasteiger partial charge is 0.266 e. The number of thiophene rings is 1. The molecule has 2 aromatic rings. The van der Waals surface area contributed by atoms with Crippen molar-refractivity contribution in [3.63, 3.8) is 0 Å². The van der Waals surface area contributed by atoms with Gasteiger partial charge in [0.25, 0.3) is 5.91 Å². The SMILES string of the molecule is Cc1nc(-c2ccsc2)sc1C(=O)N1C(C)CC2CCCCC21. The van der Waals surface area contributed by atoms with Crippen LogP contribution in [0, 0.1) is 12.8 Å². The number of aromatic nitrogens is 1. The van der Waals surface area contributed by atoms with Gasteiger partial charge in [0.15, 0.2) is 0 Å². The van der Waals surface area contributed by atoms with Crippen molar-refractivity contribution >= 4 is 28.6 Å². The van der Waals surface area contributed by atoms with Gasteiger partial charge >= 0.3 is 0 Å². The van der Waals surface area contributed by atoms with Crippen LogP contribution < -0.4 is 0 Å². The van der Waals surface area contributed by atoms with E-state index in [4.69, 9.17) is 0 Å². The Morgan fingerprint density at radius 3 is 2.96 bits per heavy atom. The second kappa shape index (κ2) is 6.02. The Hall–Kier alpha value is -1.20. The molecule has 23 heavy (non-hydrogen) atoms. The largest absolute Gasteiger partial charge is 0.332 e. The van der Waals surface area contributed by atoms with Gasteiger partial charge in [-0.05, 0) is 50.5 Å². The molecule has 3 heterocycles. The van der Waals surface area contributed by atoms with Crippen molar-refractivity contribution in [3.05, 3.63) is 27.4 Å². The minimum Gasteiger partial charge on any atom is -0.332 e. The average molecular weight is 347 g/mol. The van der Waals surface area contributed by atoms with Crippen molar-refractivity contribution in [1.29, 1.82) is 0 Å². The molecule has 3 atom stereocenters. The summed E-state index contributed by atoms with van der Waals surface area (Å²) < 4.78 is 0. The van der Waals surface area contributed by atoms with E-state index in [1.165, 1.54) is 32.1 Å². The molecule has 3 nitrogen and oxygen atoms in total. The lowest BCUT2D eigenvalue weighted by molar-refractivity contribution is 0.0637. The number of nitrogens with zero attached hydrogens (tertiary/aromatic N) is 2. The standard InChI is InChI=1S/C18H22N2OS2/c1-11-9-13-5-3-4-6-15(13)20(11)18(21)16-12(2)19-17(23-16)14-7-8-22-10-14/h7-8,10-11,13,15H,3-6,9H2,1-2H3. The Kier molecular flexibility index (Phi) is 4.01. The maximum atomic E-state index is 13.2. The number of hydrogen-bond donors (Lipinski definition) is 0. The molecule has 5 heteroatoms. The minimum absolute atomic E-state index is 0.211. The lowest BCUT2D eigenvalue weighted by Crippen LogP contribution is -2.42. The third-order valence-electron chi connectivity index (χ3n) is 5.34. The third kappa shape index (κ3) is 2.64. The van der Waals surface area contributed by atoms with Gasteiger partial charge in [-0.1, -0.05) is 12.8 Å². The molecule has 1 aliphatic heterocycles. The first-order chi connectivity index (χ1) is 11.1. The monoisotopic (exact) mass is 346 g/mol. The fourth-order valence-electron chi connectivity index (χ4n) is 4.28.